The zero-order chi connectivity index (χ0) is 17.6. The van der Waals surface area contributed by atoms with Crippen LogP contribution in [-0.4, -0.2) is 53.8 Å². The number of nitrogen functional groups attached to an aromatic ring is 1. The summed E-state index contributed by atoms with van der Waals surface area (Å²) >= 11 is 0. The topological polar surface area (TPSA) is 157 Å². The van der Waals surface area contributed by atoms with Gasteiger partial charge in [-0.05, 0) is 12.8 Å². The number of ether oxygens (including phenoxy) is 1. The van der Waals surface area contributed by atoms with Gasteiger partial charge in [-0.3, -0.25) is 9.13 Å². The second-order valence-corrected chi connectivity index (χ2v) is 7.22. The van der Waals surface area contributed by atoms with Crippen LogP contribution in [0.25, 0.3) is 11.2 Å². The Morgan fingerprint density at radius 3 is 2.71 bits per heavy atom. The minimum Gasteiger partial charge on any atom is -0.382 e. The summed E-state index contributed by atoms with van der Waals surface area (Å²) in [5.41, 5.74) is 6.56. The normalized spacial score (nSPS) is 13.5. The Bertz CT molecular complexity index is 703. The van der Waals surface area contributed by atoms with Gasteiger partial charge in [-0.15, -0.1) is 0 Å². The third kappa shape index (κ3) is 5.50. The Morgan fingerprint density at radius 2 is 1.96 bits per heavy atom. The van der Waals surface area contributed by atoms with E-state index in [9.17, 15) is 9.67 Å². The third-order valence-corrected chi connectivity index (χ3v) is 4.36. The second-order valence-electron chi connectivity index (χ2n) is 5.44. The summed E-state index contributed by atoms with van der Waals surface area (Å²) in [5.74, 6) is 0.252. The Balaban J connectivity index is 1.67. The molecule has 2 rings (SSSR count). The van der Waals surface area contributed by atoms with E-state index in [2.05, 4.69) is 15.0 Å². The molecule has 0 aliphatic rings. The number of aliphatic hydroxyl groups is 1. The van der Waals surface area contributed by atoms with E-state index in [0.29, 0.717) is 24.2 Å². The summed E-state index contributed by atoms with van der Waals surface area (Å²) in [4.78, 5) is 29.4. The van der Waals surface area contributed by atoms with Gasteiger partial charge in [0.15, 0.2) is 17.7 Å². The molecule has 0 aromatic carbocycles. The van der Waals surface area contributed by atoms with Crippen molar-refractivity contribution in [2.45, 2.75) is 31.9 Å². The lowest BCUT2D eigenvalue weighted by Crippen LogP contribution is -2.15. The van der Waals surface area contributed by atoms with Gasteiger partial charge in [0.2, 0.25) is 0 Å². The second kappa shape index (κ2) is 8.50. The van der Waals surface area contributed by atoms with Crippen LogP contribution in [0, 0.1) is 0 Å². The number of unbranched alkanes of at least 4 members (excludes halogenated alkanes) is 3. The molecule has 0 saturated carbocycles. The Labute approximate surface area is 138 Å². The van der Waals surface area contributed by atoms with Gasteiger partial charge in [0.1, 0.15) is 11.8 Å². The SMILES string of the molecule is Nc1ncnc2c1ncn2C(O)COCCCCCCP(=O)(O)O. The molecule has 2 aromatic heterocycles. The van der Waals surface area contributed by atoms with Crippen molar-refractivity contribution in [3.8, 4) is 0 Å². The van der Waals surface area contributed by atoms with Crippen LogP contribution in [0.4, 0.5) is 5.82 Å². The van der Waals surface area contributed by atoms with Crippen LogP contribution in [0.3, 0.4) is 0 Å². The van der Waals surface area contributed by atoms with Crippen LogP contribution < -0.4 is 5.73 Å². The highest BCUT2D eigenvalue weighted by atomic mass is 31.2. The minimum atomic E-state index is -3.88. The van der Waals surface area contributed by atoms with Crippen LogP contribution in [0.1, 0.15) is 31.9 Å². The molecule has 5 N–H and O–H groups in total. The van der Waals surface area contributed by atoms with Gasteiger partial charge < -0.3 is 25.4 Å². The zero-order valence-electron chi connectivity index (χ0n) is 13.2. The fraction of sp³-hybridized carbons (Fsp3) is 0.615. The van der Waals surface area contributed by atoms with Gasteiger partial charge >= 0.3 is 7.60 Å². The molecule has 10 nitrogen and oxygen atoms in total. The van der Waals surface area contributed by atoms with Crippen LogP contribution >= 0.6 is 7.60 Å². The number of nitrogens with two attached hydrogens (primary N) is 1. The molecule has 2 aromatic rings. The predicted molar refractivity (Wildman–Crippen MR) is 87.2 cm³/mol. The maximum absolute atomic E-state index is 10.7. The number of hydrogen-bond donors (Lipinski definition) is 4. The van der Waals surface area contributed by atoms with Gasteiger partial charge in [-0.1, -0.05) is 12.8 Å². The van der Waals surface area contributed by atoms with E-state index in [0.717, 1.165) is 19.3 Å². The van der Waals surface area contributed by atoms with E-state index in [4.69, 9.17) is 20.3 Å². The molecular formula is C13H22N5O5P. The van der Waals surface area contributed by atoms with Gasteiger partial charge in [0.25, 0.3) is 0 Å². The number of nitrogens with zero attached hydrogens (tertiary/aromatic N) is 4. The van der Waals surface area contributed by atoms with Gasteiger partial charge in [0, 0.05) is 12.8 Å². The molecule has 0 spiro atoms. The fourth-order valence-corrected chi connectivity index (χ4v) is 2.87. The quantitative estimate of drug-likeness (QED) is 0.353. The summed E-state index contributed by atoms with van der Waals surface area (Å²) in [5, 5.41) is 10.1. The summed E-state index contributed by atoms with van der Waals surface area (Å²) in [6.45, 7) is 0.536. The molecule has 0 bridgehead atoms. The van der Waals surface area contributed by atoms with E-state index in [1.807, 2.05) is 0 Å². The first-order chi connectivity index (χ1) is 11.4. The predicted octanol–water partition coefficient (Wildman–Crippen LogP) is 0.654. The van der Waals surface area contributed by atoms with Gasteiger partial charge in [-0.2, -0.15) is 0 Å². The highest BCUT2D eigenvalue weighted by molar-refractivity contribution is 7.51. The lowest BCUT2D eigenvalue weighted by molar-refractivity contribution is -0.00289. The molecule has 1 unspecified atom stereocenters. The molecule has 2 heterocycles. The van der Waals surface area contributed by atoms with Crippen molar-refractivity contribution in [3.63, 3.8) is 0 Å². The van der Waals surface area contributed by atoms with Gasteiger partial charge in [0.05, 0.1) is 12.9 Å². The first-order valence-corrected chi connectivity index (χ1v) is 9.41. The Hall–Kier alpha value is -1.58. The first-order valence-electron chi connectivity index (χ1n) is 7.62. The van der Waals surface area contributed by atoms with Crippen LogP contribution in [0.2, 0.25) is 0 Å². The molecular weight excluding hydrogens is 337 g/mol. The lowest BCUT2D eigenvalue weighted by Gasteiger charge is -2.13. The number of anilines is 1. The minimum absolute atomic E-state index is 0.0781. The molecule has 0 amide bonds. The van der Waals surface area contributed by atoms with E-state index in [-0.39, 0.29) is 18.6 Å². The number of aliphatic hydroxyl groups excluding tert-OH is 1. The number of fused-ring (bicyclic) bond motifs is 1. The summed E-state index contributed by atoms with van der Waals surface area (Å²) in [7, 11) is -3.88. The zero-order valence-corrected chi connectivity index (χ0v) is 14.0. The standard InChI is InChI=1S/C13H22N5O5P/c14-12-11-13(16-8-15-12)18(9-17-11)10(19)7-23-5-3-1-2-4-6-24(20,21)22/h8-10,19H,1-7H2,(H2,14,15,16)(H2,20,21,22). The van der Waals surface area contributed by atoms with E-state index in [1.165, 1.54) is 17.2 Å². The summed E-state index contributed by atoms with van der Waals surface area (Å²) in [6.07, 6.45) is 4.53. The number of hydrogen-bond acceptors (Lipinski definition) is 7. The van der Waals surface area contributed by atoms with Crippen LogP contribution in [0.15, 0.2) is 12.7 Å². The van der Waals surface area contributed by atoms with Crippen molar-refractivity contribution < 1.29 is 24.2 Å². The van der Waals surface area contributed by atoms with E-state index < -0.39 is 13.8 Å². The molecule has 134 valence electrons. The van der Waals surface area contributed by atoms with Gasteiger partial charge in [-0.25, -0.2) is 15.0 Å². The molecule has 0 saturated heterocycles. The monoisotopic (exact) mass is 359 g/mol. The van der Waals surface area contributed by atoms with Crippen molar-refractivity contribution in [1.29, 1.82) is 0 Å². The molecule has 1 atom stereocenters. The largest absolute Gasteiger partial charge is 0.382 e. The molecule has 0 fully saturated rings. The molecule has 0 aliphatic carbocycles. The Kier molecular flexibility index (Phi) is 6.64. The average molecular weight is 359 g/mol. The van der Waals surface area contributed by atoms with E-state index in [1.54, 1.807) is 0 Å². The highest BCUT2D eigenvalue weighted by Crippen LogP contribution is 2.35. The van der Waals surface area contributed by atoms with Crippen molar-refractivity contribution in [2.75, 3.05) is 25.1 Å². The third-order valence-electron chi connectivity index (χ3n) is 3.46. The molecule has 0 radical (unpaired) electrons. The number of rotatable bonds is 10. The average Bonchev–Trinajstić information content (AvgIpc) is 2.94. The number of aromatic nitrogens is 4. The molecule has 0 aliphatic heterocycles. The summed E-state index contributed by atoms with van der Waals surface area (Å²) < 4.78 is 17.6. The van der Waals surface area contributed by atoms with Crippen molar-refractivity contribution in [2.24, 2.45) is 0 Å². The summed E-state index contributed by atoms with van der Waals surface area (Å²) in [6, 6.07) is 0. The van der Waals surface area contributed by atoms with Crippen molar-refractivity contribution in [1.82, 2.24) is 19.5 Å². The lowest BCUT2D eigenvalue weighted by atomic mass is 10.2. The smallest absolute Gasteiger partial charge is 0.325 e. The maximum atomic E-state index is 10.7. The number of imidazole rings is 1. The van der Waals surface area contributed by atoms with Crippen LogP contribution in [-0.2, 0) is 9.30 Å². The van der Waals surface area contributed by atoms with E-state index >= 15 is 0 Å². The first kappa shape index (κ1) is 18.8. The van der Waals surface area contributed by atoms with Crippen molar-refractivity contribution in [3.05, 3.63) is 12.7 Å². The van der Waals surface area contributed by atoms with Crippen molar-refractivity contribution >= 4 is 24.6 Å². The molecule has 24 heavy (non-hydrogen) atoms. The highest BCUT2D eigenvalue weighted by Gasteiger charge is 2.14. The molecule has 11 heteroatoms. The Morgan fingerprint density at radius 1 is 1.21 bits per heavy atom. The fourth-order valence-electron chi connectivity index (χ4n) is 2.23. The maximum Gasteiger partial charge on any atom is 0.325 e. The van der Waals surface area contributed by atoms with Crippen LogP contribution in [0.5, 0.6) is 0 Å².